The SMILES string of the molecule is COc1ccn2c3cccc(C)c3c3nnc4c(C)nc1c2[n+]43. The van der Waals surface area contributed by atoms with Crippen molar-refractivity contribution in [1.82, 2.24) is 19.6 Å². The van der Waals surface area contributed by atoms with Crippen molar-refractivity contribution in [1.29, 1.82) is 0 Å². The summed E-state index contributed by atoms with van der Waals surface area (Å²) in [5.74, 6) is 0.747. The topological polar surface area (TPSA) is 56.4 Å². The fraction of sp³-hybridized carbons (Fsp3) is 0.176. The van der Waals surface area contributed by atoms with Gasteiger partial charge in [-0.3, -0.25) is 0 Å². The van der Waals surface area contributed by atoms with Crippen LogP contribution in [0.1, 0.15) is 11.3 Å². The zero-order valence-corrected chi connectivity index (χ0v) is 13.0. The number of aryl methyl sites for hydroxylation is 2. The number of hydrogen-bond donors (Lipinski definition) is 0. The molecule has 0 spiro atoms. The van der Waals surface area contributed by atoms with E-state index in [2.05, 4.69) is 44.1 Å². The largest absolute Gasteiger partial charge is 0.494 e. The molecule has 112 valence electrons. The highest BCUT2D eigenvalue weighted by molar-refractivity contribution is 5.96. The van der Waals surface area contributed by atoms with Gasteiger partial charge in [0.05, 0.1) is 18.7 Å². The molecule has 0 amide bonds. The van der Waals surface area contributed by atoms with E-state index in [4.69, 9.17) is 9.72 Å². The Labute approximate surface area is 131 Å². The van der Waals surface area contributed by atoms with Crippen LogP contribution in [-0.2, 0) is 0 Å². The molecule has 6 heteroatoms. The Kier molecular flexibility index (Phi) is 2.20. The van der Waals surface area contributed by atoms with Crippen LogP contribution in [0.25, 0.3) is 33.4 Å². The van der Waals surface area contributed by atoms with Crippen LogP contribution >= 0.6 is 0 Å². The number of aromatic nitrogens is 5. The highest BCUT2D eigenvalue weighted by Crippen LogP contribution is 2.28. The van der Waals surface area contributed by atoms with E-state index in [-0.39, 0.29) is 0 Å². The molecule has 4 aromatic heterocycles. The number of fused-ring (bicyclic) bond motifs is 3. The van der Waals surface area contributed by atoms with E-state index in [1.165, 1.54) is 5.56 Å². The summed E-state index contributed by atoms with van der Waals surface area (Å²) in [5, 5.41) is 9.92. The average Bonchev–Trinajstić information content (AvgIpc) is 3.00. The first kappa shape index (κ1) is 12.5. The van der Waals surface area contributed by atoms with Crippen molar-refractivity contribution in [3.8, 4) is 5.75 Å². The second-order valence-electron chi connectivity index (χ2n) is 5.78. The number of pyridine rings is 1. The van der Waals surface area contributed by atoms with Crippen LogP contribution in [0.4, 0.5) is 0 Å². The molecular weight excluding hydrogens is 290 g/mol. The minimum atomic E-state index is 0.747. The molecule has 23 heavy (non-hydrogen) atoms. The highest BCUT2D eigenvalue weighted by atomic mass is 16.5. The van der Waals surface area contributed by atoms with Crippen LogP contribution in [0.15, 0.2) is 30.5 Å². The summed E-state index contributed by atoms with van der Waals surface area (Å²) in [7, 11) is 1.66. The zero-order chi connectivity index (χ0) is 15.7. The molecule has 0 saturated carbocycles. The first-order chi connectivity index (χ1) is 11.2. The summed E-state index contributed by atoms with van der Waals surface area (Å²) in [6.45, 7) is 4.05. The number of methoxy groups -OCH3 is 1. The molecule has 0 atom stereocenters. The Hall–Kier alpha value is -3.02. The summed E-state index contributed by atoms with van der Waals surface area (Å²) in [6.07, 6.45) is 2.01. The van der Waals surface area contributed by atoms with E-state index >= 15 is 0 Å². The minimum Gasteiger partial charge on any atom is -0.494 e. The van der Waals surface area contributed by atoms with Crippen molar-refractivity contribution in [2.75, 3.05) is 7.11 Å². The van der Waals surface area contributed by atoms with Crippen LogP contribution in [-0.4, -0.2) is 26.7 Å². The third kappa shape index (κ3) is 1.38. The summed E-state index contributed by atoms with van der Waals surface area (Å²) in [6, 6.07) is 8.20. The van der Waals surface area contributed by atoms with Crippen molar-refractivity contribution >= 4 is 33.4 Å². The standard InChI is InChI=1S/C17H14N5O/c1-9-5-4-6-11-13(9)16-20-19-15-10(2)18-14-12(23-3)7-8-21(11)17(14)22(15)16/h4-8H,1-3H3/q+1. The molecule has 0 radical (unpaired) electrons. The first-order valence-electron chi connectivity index (χ1n) is 7.45. The monoisotopic (exact) mass is 304 g/mol. The summed E-state index contributed by atoms with van der Waals surface area (Å²) >= 11 is 0. The van der Waals surface area contributed by atoms with E-state index in [0.29, 0.717) is 0 Å². The normalized spacial score (nSPS) is 12.1. The molecular formula is C17H14N5O+. The molecule has 0 N–H and O–H groups in total. The van der Waals surface area contributed by atoms with Crippen molar-refractivity contribution in [2.24, 2.45) is 0 Å². The maximum Gasteiger partial charge on any atom is 0.297 e. The molecule has 6 nitrogen and oxygen atoms in total. The zero-order valence-electron chi connectivity index (χ0n) is 13.0. The Morgan fingerprint density at radius 2 is 1.91 bits per heavy atom. The van der Waals surface area contributed by atoms with E-state index in [9.17, 15) is 0 Å². The van der Waals surface area contributed by atoms with E-state index < -0.39 is 0 Å². The van der Waals surface area contributed by atoms with Crippen molar-refractivity contribution in [2.45, 2.75) is 13.8 Å². The number of benzene rings is 1. The van der Waals surface area contributed by atoms with Gasteiger partial charge in [-0.2, -0.15) is 4.40 Å². The van der Waals surface area contributed by atoms with Gasteiger partial charge in [0.15, 0.2) is 11.3 Å². The van der Waals surface area contributed by atoms with Gasteiger partial charge >= 0.3 is 0 Å². The number of hydrogen-bond acceptors (Lipinski definition) is 4. The Bertz CT molecular complexity index is 1220. The van der Waals surface area contributed by atoms with Crippen molar-refractivity contribution in [3.05, 3.63) is 41.7 Å². The third-order valence-electron chi connectivity index (χ3n) is 4.48. The van der Waals surface area contributed by atoms with Gasteiger partial charge in [-0.25, -0.2) is 9.38 Å². The maximum atomic E-state index is 5.51. The Balaban J connectivity index is 2.25. The van der Waals surface area contributed by atoms with Gasteiger partial charge in [0, 0.05) is 16.3 Å². The summed E-state index contributed by atoms with van der Waals surface area (Å²) < 4.78 is 9.72. The molecule has 0 unspecified atom stereocenters. The molecule has 0 bridgehead atoms. The van der Waals surface area contributed by atoms with E-state index in [1.54, 1.807) is 7.11 Å². The maximum absolute atomic E-state index is 5.51. The molecule has 1 aromatic carbocycles. The van der Waals surface area contributed by atoms with Crippen LogP contribution in [0, 0.1) is 13.8 Å². The van der Waals surface area contributed by atoms with E-state index in [0.717, 1.165) is 44.8 Å². The molecule has 0 saturated heterocycles. The number of ether oxygens (including phenoxy) is 1. The second kappa shape index (κ2) is 4.04. The van der Waals surface area contributed by atoms with Gasteiger partial charge in [-0.1, -0.05) is 12.1 Å². The lowest BCUT2D eigenvalue weighted by Gasteiger charge is -2.11. The Morgan fingerprint density at radius 3 is 2.74 bits per heavy atom. The molecule has 0 aliphatic carbocycles. The number of rotatable bonds is 1. The van der Waals surface area contributed by atoms with Gasteiger partial charge in [0.1, 0.15) is 11.2 Å². The second-order valence-corrected chi connectivity index (χ2v) is 5.78. The van der Waals surface area contributed by atoms with Gasteiger partial charge < -0.3 is 4.74 Å². The summed E-state index contributed by atoms with van der Waals surface area (Å²) in [5.41, 5.74) is 6.49. The van der Waals surface area contributed by atoms with Gasteiger partial charge in [-0.05, 0) is 25.5 Å². The summed E-state index contributed by atoms with van der Waals surface area (Å²) in [4.78, 5) is 4.71. The molecule has 0 aliphatic rings. The molecule has 5 aromatic rings. The van der Waals surface area contributed by atoms with Crippen LogP contribution < -0.4 is 9.14 Å². The molecule has 4 heterocycles. The third-order valence-corrected chi connectivity index (χ3v) is 4.48. The first-order valence-corrected chi connectivity index (χ1v) is 7.45. The lowest BCUT2D eigenvalue weighted by molar-refractivity contribution is -0.455. The van der Waals surface area contributed by atoms with Crippen LogP contribution in [0.2, 0.25) is 0 Å². The van der Waals surface area contributed by atoms with Gasteiger partial charge in [0.2, 0.25) is 5.65 Å². The van der Waals surface area contributed by atoms with Crippen molar-refractivity contribution < 1.29 is 9.14 Å². The lowest BCUT2D eigenvalue weighted by Crippen LogP contribution is -2.28. The quantitative estimate of drug-likeness (QED) is 0.271. The number of nitrogens with zero attached hydrogens (tertiary/aromatic N) is 5. The predicted molar refractivity (Wildman–Crippen MR) is 86.2 cm³/mol. The predicted octanol–water partition coefficient (Wildman–Crippen LogP) is 2.23. The fourth-order valence-corrected chi connectivity index (χ4v) is 3.44. The minimum absolute atomic E-state index is 0.747. The highest BCUT2D eigenvalue weighted by Gasteiger charge is 2.26. The smallest absolute Gasteiger partial charge is 0.297 e. The van der Waals surface area contributed by atoms with E-state index in [1.807, 2.05) is 19.2 Å². The molecule has 5 rings (SSSR count). The van der Waals surface area contributed by atoms with Crippen LogP contribution in [0.5, 0.6) is 5.75 Å². The lowest BCUT2D eigenvalue weighted by atomic mass is 10.1. The average molecular weight is 304 g/mol. The molecule has 0 aliphatic heterocycles. The van der Waals surface area contributed by atoms with Crippen molar-refractivity contribution in [3.63, 3.8) is 0 Å². The Morgan fingerprint density at radius 1 is 1.09 bits per heavy atom. The van der Waals surface area contributed by atoms with Gasteiger partial charge in [-0.15, -0.1) is 0 Å². The van der Waals surface area contributed by atoms with Crippen LogP contribution in [0.3, 0.4) is 0 Å². The molecule has 0 fully saturated rings. The van der Waals surface area contributed by atoms with Gasteiger partial charge in [0.25, 0.3) is 11.3 Å². The fourth-order valence-electron chi connectivity index (χ4n) is 3.44.